The van der Waals surface area contributed by atoms with Crippen molar-refractivity contribution in [2.75, 3.05) is 56.4 Å². The highest BCUT2D eigenvalue weighted by Crippen LogP contribution is 2.38. The van der Waals surface area contributed by atoms with Gasteiger partial charge in [-0.05, 0) is 61.9 Å². The highest BCUT2D eigenvalue weighted by Gasteiger charge is 2.34. The molecule has 5 rings (SSSR count). The Hall–Kier alpha value is -4.10. The molecule has 1 aromatic heterocycles. The second-order valence-corrected chi connectivity index (χ2v) is 13.1. The molecule has 0 bridgehead atoms. The van der Waals surface area contributed by atoms with Crippen molar-refractivity contribution in [1.29, 1.82) is 0 Å². The topological polar surface area (TPSA) is 122 Å². The fourth-order valence-electron chi connectivity index (χ4n) is 5.31. The van der Waals surface area contributed by atoms with Gasteiger partial charge in [-0.15, -0.1) is 0 Å². The van der Waals surface area contributed by atoms with Crippen LogP contribution in [0.5, 0.6) is 11.5 Å². The molecule has 1 fully saturated rings. The maximum absolute atomic E-state index is 14.3. The van der Waals surface area contributed by atoms with Gasteiger partial charge in [-0.3, -0.25) is 9.59 Å². The van der Waals surface area contributed by atoms with Crippen LogP contribution in [-0.4, -0.2) is 73.1 Å². The lowest BCUT2D eigenvalue weighted by atomic mass is 9.97. The van der Waals surface area contributed by atoms with E-state index in [0.29, 0.717) is 53.9 Å². The summed E-state index contributed by atoms with van der Waals surface area (Å²) in [5.74, 6) is -2.34. The Labute approximate surface area is 255 Å². The molecule has 234 valence electrons. The molecule has 0 unspecified atom stereocenters. The highest BCUT2D eigenvalue weighted by atomic mass is 32.2. The molecule has 44 heavy (non-hydrogen) atoms. The van der Waals surface area contributed by atoms with Crippen LogP contribution < -0.4 is 25.0 Å². The van der Waals surface area contributed by atoms with Crippen molar-refractivity contribution in [3.63, 3.8) is 0 Å². The number of rotatable bonds is 7. The van der Waals surface area contributed by atoms with E-state index >= 15 is 0 Å². The molecule has 0 aliphatic carbocycles. The number of carbonyl (C=O) groups excluding carboxylic acids is 2. The van der Waals surface area contributed by atoms with E-state index in [-0.39, 0.29) is 42.8 Å². The predicted octanol–water partition coefficient (Wildman–Crippen LogP) is 4.91. The number of anilines is 2. The van der Waals surface area contributed by atoms with Crippen LogP contribution in [0.25, 0.3) is 11.1 Å². The molecule has 3 aromatic rings. The van der Waals surface area contributed by atoms with Crippen LogP contribution in [0.4, 0.5) is 20.3 Å². The second-order valence-electron chi connectivity index (χ2n) is 10.9. The number of fused-ring (bicyclic) bond motifs is 1. The van der Waals surface area contributed by atoms with Gasteiger partial charge >= 0.3 is 0 Å². The maximum Gasteiger partial charge on any atom is 0.267 e. The average Bonchev–Trinajstić information content (AvgIpc) is 3.16. The summed E-state index contributed by atoms with van der Waals surface area (Å²) in [5.41, 5.74) is 2.59. The van der Waals surface area contributed by atoms with Crippen LogP contribution in [0.1, 0.15) is 35.2 Å². The second kappa shape index (κ2) is 12.9. The molecule has 0 saturated carbocycles. The zero-order chi connectivity index (χ0) is 31.5. The zero-order valence-electron chi connectivity index (χ0n) is 24.8. The third-order valence-corrected chi connectivity index (χ3v) is 9.23. The van der Waals surface area contributed by atoms with E-state index in [1.54, 1.807) is 49.3 Å². The van der Waals surface area contributed by atoms with E-state index in [4.69, 9.17) is 9.47 Å². The Kier molecular flexibility index (Phi) is 9.16. The Balaban J connectivity index is 1.54. The molecule has 10 nitrogen and oxygen atoms in total. The number of nitrogens with one attached hydrogen (secondary N) is 2. The zero-order valence-corrected chi connectivity index (χ0v) is 25.6. The molecule has 2 aromatic carbocycles. The van der Waals surface area contributed by atoms with Gasteiger partial charge in [0.25, 0.3) is 11.8 Å². The van der Waals surface area contributed by atoms with Gasteiger partial charge in [0.2, 0.25) is 5.92 Å². The maximum atomic E-state index is 14.3. The number of ether oxygens (including phenoxy) is 2. The number of halogens is 2. The van der Waals surface area contributed by atoms with Crippen LogP contribution in [0.2, 0.25) is 0 Å². The number of hydrogen-bond donors (Lipinski definition) is 2. The fourth-order valence-corrected chi connectivity index (χ4v) is 6.55. The Morgan fingerprint density at radius 3 is 2.64 bits per heavy atom. The molecular formula is C31H35F2N5O5S. The quantitative estimate of drug-likeness (QED) is 0.379. The van der Waals surface area contributed by atoms with Gasteiger partial charge in [-0.2, -0.15) is 4.36 Å². The SMILES string of the molecule is CNCC(=O)N=[S@](C)(=O)c1cccc(NC(=O)c2c(N3CCCC(F)(F)CC3)ncc(-c3ccc4c(c3)OCCO4)c2C)c1. The lowest BCUT2D eigenvalue weighted by molar-refractivity contribution is -0.116. The van der Waals surface area contributed by atoms with Crippen LogP contribution in [0.15, 0.2) is 57.9 Å². The van der Waals surface area contributed by atoms with E-state index in [1.165, 1.54) is 12.3 Å². The molecule has 0 spiro atoms. The van der Waals surface area contributed by atoms with Crippen LogP contribution in [-0.2, 0) is 14.5 Å². The van der Waals surface area contributed by atoms with Gasteiger partial charge < -0.3 is 25.0 Å². The van der Waals surface area contributed by atoms with Crippen molar-refractivity contribution < 1.29 is 32.1 Å². The van der Waals surface area contributed by atoms with Crippen LogP contribution in [0.3, 0.4) is 0 Å². The van der Waals surface area contributed by atoms with Crippen molar-refractivity contribution in [3.05, 3.63) is 59.8 Å². The molecule has 1 atom stereocenters. The third-order valence-electron chi connectivity index (χ3n) is 7.55. The summed E-state index contributed by atoms with van der Waals surface area (Å²) in [7, 11) is -1.49. The molecule has 1 saturated heterocycles. The third kappa shape index (κ3) is 6.99. The van der Waals surface area contributed by atoms with Crippen molar-refractivity contribution in [3.8, 4) is 22.6 Å². The van der Waals surface area contributed by atoms with Gasteiger partial charge in [-0.1, -0.05) is 12.1 Å². The Morgan fingerprint density at radius 1 is 1.09 bits per heavy atom. The first-order valence-corrected chi connectivity index (χ1v) is 16.2. The molecule has 13 heteroatoms. The molecule has 2 aliphatic heterocycles. The summed E-state index contributed by atoms with van der Waals surface area (Å²) >= 11 is 0. The first kappa shape index (κ1) is 31.3. The molecule has 0 radical (unpaired) electrons. The van der Waals surface area contributed by atoms with E-state index < -0.39 is 27.5 Å². The van der Waals surface area contributed by atoms with E-state index in [1.807, 2.05) is 12.1 Å². The molecule has 3 heterocycles. The van der Waals surface area contributed by atoms with Crippen molar-refractivity contribution in [2.24, 2.45) is 4.36 Å². The normalized spacial score (nSPS) is 17.2. The summed E-state index contributed by atoms with van der Waals surface area (Å²) in [5, 5.41) is 5.55. The minimum atomic E-state index is -3.08. The summed E-state index contributed by atoms with van der Waals surface area (Å²) < 4.78 is 57.0. The predicted molar refractivity (Wildman–Crippen MR) is 165 cm³/mol. The van der Waals surface area contributed by atoms with Crippen molar-refractivity contribution in [2.45, 2.75) is 37.0 Å². The summed E-state index contributed by atoms with van der Waals surface area (Å²) in [4.78, 5) is 32.7. The summed E-state index contributed by atoms with van der Waals surface area (Å²) in [6, 6.07) is 11.8. The van der Waals surface area contributed by atoms with Crippen LogP contribution in [0, 0.1) is 6.92 Å². The first-order chi connectivity index (χ1) is 21.0. The smallest absolute Gasteiger partial charge is 0.267 e. The number of alkyl halides is 2. The number of benzene rings is 2. The summed E-state index contributed by atoms with van der Waals surface area (Å²) in [6.45, 7) is 2.97. The van der Waals surface area contributed by atoms with Crippen molar-refractivity contribution >= 4 is 33.0 Å². The Morgan fingerprint density at radius 2 is 1.86 bits per heavy atom. The monoisotopic (exact) mass is 627 g/mol. The first-order valence-electron chi connectivity index (χ1n) is 14.3. The number of aromatic nitrogens is 1. The number of likely N-dealkylation sites (N-methyl/N-ethyl adjacent to an activating group) is 1. The molecule has 2 aliphatic rings. The Bertz CT molecular complexity index is 1710. The minimum absolute atomic E-state index is 0.0403. The van der Waals surface area contributed by atoms with Gasteiger partial charge in [0.15, 0.2) is 11.5 Å². The number of nitrogens with zero attached hydrogens (tertiary/aromatic N) is 3. The van der Waals surface area contributed by atoms with Gasteiger partial charge in [-0.25, -0.2) is 18.0 Å². The van der Waals surface area contributed by atoms with Crippen LogP contribution >= 0.6 is 0 Å². The fraction of sp³-hybridized carbons (Fsp3) is 0.387. The van der Waals surface area contributed by atoms with Gasteiger partial charge in [0, 0.05) is 54.5 Å². The van der Waals surface area contributed by atoms with E-state index in [0.717, 1.165) is 5.56 Å². The molecule has 2 amide bonds. The van der Waals surface area contributed by atoms with Gasteiger partial charge in [0.1, 0.15) is 19.0 Å². The molecular weight excluding hydrogens is 592 g/mol. The minimum Gasteiger partial charge on any atom is -0.486 e. The van der Waals surface area contributed by atoms with E-state index in [2.05, 4.69) is 20.0 Å². The lowest BCUT2D eigenvalue weighted by Gasteiger charge is -2.26. The molecule has 2 N–H and O–H groups in total. The standard InChI is InChI=1S/C31H35F2N5O5S/c1-20-24(21-8-9-25-26(16-21)43-15-14-42-25)18-35-29(38-12-5-10-31(32,33)11-13-38)28(20)30(40)36-22-6-4-7-23(17-22)44(3,41)37-27(39)19-34-2/h4,6-9,16-18,34H,5,10-15,19H2,1-3H3,(H,36,40)/t44-/m1/s1. The van der Waals surface area contributed by atoms with E-state index in [9.17, 15) is 22.6 Å². The number of amides is 2. The average molecular weight is 628 g/mol. The highest BCUT2D eigenvalue weighted by molar-refractivity contribution is 7.93. The van der Waals surface area contributed by atoms with Gasteiger partial charge in [0.05, 0.1) is 21.8 Å². The number of carbonyl (C=O) groups is 2. The number of hydrogen-bond acceptors (Lipinski definition) is 8. The lowest BCUT2D eigenvalue weighted by Crippen LogP contribution is -2.30. The largest absolute Gasteiger partial charge is 0.486 e. The van der Waals surface area contributed by atoms with Crippen molar-refractivity contribution in [1.82, 2.24) is 10.3 Å². The number of pyridine rings is 1. The summed E-state index contributed by atoms with van der Waals surface area (Å²) in [6.07, 6.45) is 2.68.